The Morgan fingerprint density at radius 3 is 2.26 bits per heavy atom. The summed E-state index contributed by atoms with van der Waals surface area (Å²) in [6.45, 7) is 5.28. The molecule has 4 rings (SSSR count). The minimum atomic E-state index is -4.11. The molecular formula is C34H43N3O5S. The first-order valence-electron chi connectivity index (χ1n) is 15.0. The molecule has 1 saturated carbocycles. The summed E-state index contributed by atoms with van der Waals surface area (Å²) < 4.78 is 34.6. The Balaban J connectivity index is 1.72. The smallest absolute Gasteiger partial charge is 0.264 e. The maximum Gasteiger partial charge on any atom is 0.264 e. The van der Waals surface area contributed by atoms with Crippen molar-refractivity contribution in [2.45, 2.75) is 82.8 Å². The number of hydrogen-bond donors (Lipinski definition) is 1. The van der Waals surface area contributed by atoms with E-state index in [1.807, 2.05) is 57.2 Å². The van der Waals surface area contributed by atoms with E-state index in [9.17, 15) is 18.0 Å². The fraction of sp³-hybridized carbons (Fsp3) is 0.412. The molecule has 3 aromatic rings. The number of carbonyl (C=O) groups excluding carboxylic acids is 2. The summed E-state index contributed by atoms with van der Waals surface area (Å²) in [7, 11) is -2.52. The second-order valence-electron chi connectivity index (χ2n) is 11.3. The standard InChI is InChI=1S/C34H43N3O5S/c1-5-31(34(39)35-28-12-8-6-9-13-28)36(23-27-18-20-29(42-4)21-19-27)33(38)24-37(32-22-25(2)16-17-26(32)3)43(40,41)30-14-10-7-11-15-30/h7,10-11,14-22,28,31H,5-6,8-9,12-13,23-24H2,1-4H3,(H,35,39). The monoisotopic (exact) mass is 605 g/mol. The number of rotatable bonds is 12. The fourth-order valence-corrected chi connectivity index (χ4v) is 7.10. The van der Waals surface area contributed by atoms with E-state index in [0.717, 1.165) is 48.8 Å². The Hall–Kier alpha value is -3.85. The SMILES string of the molecule is CCC(C(=O)NC1CCCCC1)N(Cc1ccc(OC)cc1)C(=O)CN(c1cc(C)ccc1C)S(=O)(=O)c1ccccc1. The van der Waals surface area contributed by atoms with E-state index in [-0.39, 0.29) is 23.4 Å². The van der Waals surface area contributed by atoms with Crippen molar-refractivity contribution in [1.82, 2.24) is 10.2 Å². The van der Waals surface area contributed by atoms with Crippen LogP contribution >= 0.6 is 0 Å². The molecule has 0 aromatic heterocycles. The van der Waals surface area contributed by atoms with Gasteiger partial charge in [0, 0.05) is 12.6 Å². The Morgan fingerprint density at radius 1 is 0.953 bits per heavy atom. The van der Waals surface area contributed by atoms with Gasteiger partial charge in [-0.2, -0.15) is 0 Å². The number of carbonyl (C=O) groups is 2. The van der Waals surface area contributed by atoms with Crippen LogP contribution in [0.3, 0.4) is 0 Å². The van der Waals surface area contributed by atoms with Gasteiger partial charge in [-0.1, -0.05) is 68.7 Å². The van der Waals surface area contributed by atoms with Crippen LogP contribution in [0.5, 0.6) is 5.75 Å². The molecule has 0 heterocycles. The molecule has 1 aliphatic rings. The fourth-order valence-electron chi connectivity index (χ4n) is 5.61. The molecule has 2 amide bonds. The number of methoxy groups -OCH3 is 1. The predicted octanol–water partition coefficient (Wildman–Crippen LogP) is 5.76. The molecule has 0 spiro atoms. The number of sulfonamides is 1. The lowest BCUT2D eigenvalue weighted by Crippen LogP contribution is -2.54. The van der Waals surface area contributed by atoms with E-state index in [1.54, 1.807) is 31.4 Å². The van der Waals surface area contributed by atoms with Gasteiger partial charge in [0.15, 0.2) is 0 Å². The maximum absolute atomic E-state index is 14.3. The molecule has 8 nitrogen and oxygen atoms in total. The molecule has 230 valence electrons. The van der Waals surface area contributed by atoms with E-state index in [1.165, 1.54) is 21.3 Å². The third-order valence-electron chi connectivity index (χ3n) is 8.09. The van der Waals surface area contributed by atoms with Gasteiger partial charge in [-0.15, -0.1) is 0 Å². The quantitative estimate of drug-likeness (QED) is 0.283. The van der Waals surface area contributed by atoms with E-state index >= 15 is 0 Å². The number of nitrogens with zero attached hydrogens (tertiary/aromatic N) is 2. The number of aryl methyl sites for hydroxylation is 2. The molecule has 1 atom stereocenters. The van der Waals surface area contributed by atoms with Crippen molar-refractivity contribution < 1.29 is 22.7 Å². The molecule has 0 aliphatic heterocycles. The highest BCUT2D eigenvalue weighted by atomic mass is 32.2. The first-order chi connectivity index (χ1) is 20.6. The van der Waals surface area contributed by atoms with Crippen molar-refractivity contribution >= 4 is 27.5 Å². The summed E-state index contributed by atoms with van der Waals surface area (Å²) in [6.07, 6.45) is 5.52. The van der Waals surface area contributed by atoms with Gasteiger partial charge < -0.3 is 15.0 Å². The summed E-state index contributed by atoms with van der Waals surface area (Å²) >= 11 is 0. The van der Waals surface area contributed by atoms with Crippen LogP contribution in [0.25, 0.3) is 0 Å². The van der Waals surface area contributed by atoms with E-state index in [0.29, 0.717) is 17.9 Å². The minimum absolute atomic E-state index is 0.0816. The molecule has 0 bridgehead atoms. The molecule has 1 unspecified atom stereocenters. The molecular weight excluding hydrogens is 562 g/mol. The van der Waals surface area contributed by atoms with Gasteiger partial charge in [0.1, 0.15) is 18.3 Å². The van der Waals surface area contributed by atoms with Gasteiger partial charge in [-0.05, 0) is 80.1 Å². The molecule has 1 N–H and O–H groups in total. The highest BCUT2D eigenvalue weighted by Gasteiger charge is 2.35. The molecule has 0 saturated heterocycles. The molecule has 1 aliphatic carbocycles. The first-order valence-corrected chi connectivity index (χ1v) is 16.5. The Morgan fingerprint density at radius 2 is 1.63 bits per heavy atom. The second kappa shape index (κ2) is 14.6. The van der Waals surface area contributed by atoms with Crippen LogP contribution in [0.15, 0.2) is 77.7 Å². The second-order valence-corrected chi connectivity index (χ2v) is 13.1. The molecule has 0 radical (unpaired) electrons. The lowest BCUT2D eigenvalue weighted by Gasteiger charge is -2.35. The van der Waals surface area contributed by atoms with Crippen LogP contribution in [-0.2, 0) is 26.2 Å². The van der Waals surface area contributed by atoms with Crippen LogP contribution < -0.4 is 14.4 Å². The maximum atomic E-state index is 14.3. The lowest BCUT2D eigenvalue weighted by molar-refractivity contribution is -0.140. The average molecular weight is 606 g/mol. The number of nitrogens with one attached hydrogen (secondary N) is 1. The Kier molecular flexibility index (Phi) is 10.9. The van der Waals surface area contributed by atoms with E-state index in [4.69, 9.17) is 4.74 Å². The van der Waals surface area contributed by atoms with E-state index in [2.05, 4.69) is 5.32 Å². The van der Waals surface area contributed by atoms with Crippen LogP contribution in [0.1, 0.15) is 62.1 Å². The van der Waals surface area contributed by atoms with Gasteiger partial charge in [-0.25, -0.2) is 8.42 Å². The minimum Gasteiger partial charge on any atom is -0.497 e. The van der Waals surface area contributed by atoms with Crippen molar-refractivity contribution in [3.63, 3.8) is 0 Å². The molecule has 9 heteroatoms. The number of ether oxygens (including phenoxy) is 1. The Bertz CT molecular complexity index is 1490. The van der Waals surface area contributed by atoms with Gasteiger partial charge in [0.2, 0.25) is 11.8 Å². The number of hydrogen-bond acceptors (Lipinski definition) is 5. The zero-order valence-electron chi connectivity index (χ0n) is 25.6. The normalized spacial score (nSPS) is 14.5. The topological polar surface area (TPSA) is 96.0 Å². The number of benzene rings is 3. The summed E-state index contributed by atoms with van der Waals surface area (Å²) in [5, 5.41) is 3.18. The van der Waals surface area contributed by atoms with Crippen molar-refractivity contribution in [1.29, 1.82) is 0 Å². The zero-order valence-corrected chi connectivity index (χ0v) is 26.4. The zero-order chi connectivity index (χ0) is 31.0. The van der Waals surface area contributed by atoms with Crippen LogP contribution in [0.4, 0.5) is 5.69 Å². The van der Waals surface area contributed by atoms with Crippen LogP contribution in [0.2, 0.25) is 0 Å². The summed E-state index contributed by atoms with van der Waals surface area (Å²) in [6, 6.07) is 20.3. The van der Waals surface area contributed by atoms with Crippen molar-refractivity contribution in [3.8, 4) is 5.75 Å². The van der Waals surface area contributed by atoms with Crippen molar-refractivity contribution in [2.75, 3.05) is 18.0 Å². The lowest BCUT2D eigenvalue weighted by atomic mass is 9.95. The molecule has 1 fully saturated rings. The van der Waals surface area contributed by atoms with Gasteiger partial charge >= 0.3 is 0 Å². The van der Waals surface area contributed by atoms with Crippen molar-refractivity contribution in [3.05, 3.63) is 89.5 Å². The third-order valence-corrected chi connectivity index (χ3v) is 9.87. The number of amides is 2. The average Bonchev–Trinajstić information content (AvgIpc) is 3.02. The molecule has 43 heavy (non-hydrogen) atoms. The highest BCUT2D eigenvalue weighted by molar-refractivity contribution is 7.92. The molecule has 3 aromatic carbocycles. The first kappa shape index (κ1) is 32.1. The van der Waals surface area contributed by atoms with Gasteiger partial charge in [-0.3, -0.25) is 13.9 Å². The Labute approximate surface area is 256 Å². The third kappa shape index (κ3) is 7.96. The summed E-state index contributed by atoms with van der Waals surface area (Å²) in [5.74, 6) is 0.0149. The summed E-state index contributed by atoms with van der Waals surface area (Å²) in [4.78, 5) is 29.7. The number of anilines is 1. The van der Waals surface area contributed by atoms with Gasteiger partial charge in [0.05, 0.1) is 17.7 Å². The van der Waals surface area contributed by atoms with Crippen LogP contribution in [0, 0.1) is 13.8 Å². The van der Waals surface area contributed by atoms with Gasteiger partial charge in [0.25, 0.3) is 10.0 Å². The van der Waals surface area contributed by atoms with E-state index < -0.39 is 28.5 Å². The largest absolute Gasteiger partial charge is 0.497 e. The predicted molar refractivity (Wildman–Crippen MR) is 170 cm³/mol. The summed E-state index contributed by atoms with van der Waals surface area (Å²) in [5.41, 5.74) is 2.83. The highest BCUT2D eigenvalue weighted by Crippen LogP contribution is 2.29. The van der Waals surface area contributed by atoms with Crippen LogP contribution in [-0.4, -0.2) is 50.9 Å². The van der Waals surface area contributed by atoms with Crippen molar-refractivity contribution in [2.24, 2.45) is 0 Å².